The lowest BCUT2D eigenvalue weighted by atomic mass is 10.1. The molecule has 0 aromatic heterocycles. The highest BCUT2D eigenvalue weighted by molar-refractivity contribution is 5.36. The van der Waals surface area contributed by atoms with Crippen LogP contribution in [0.5, 0.6) is 0 Å². The van der Waals surface area contributed by atoms with Gasteiger partial charge in [-0.1, -0.05) is 0 Å². The Hall–Kier alpha value is -1.47. The first-order chi connectivity index (χ1) is 6.06. The van der Waals surface area contributed by atoms with Crippen molar-refractivity contribution in [2.75, 3.05) is 0 Å². The van der Waals surface area contributed by atoms with Crippen LogP contribution < -0.4 is 5.73 Å². The van der Waals surface area contributed by atoms with E-state index >= 15 is 0 Å². The summed E-state index contributed by atoms with van der Waals surface area (Å²) in [5.74, 6) is -1.57. The van der Waals surface area contributed by atoms with Crippen LogP contribution in [-0.4, -0.2) is 0 Å². The smallest absolute Gasteiger partial charge is 0.143 e. The third kappa shape index (κ3) is 1.82. The second kappa shape index (κ2) is 3.50. The maximum Gasteiger partial charge on any atom is 0.143 e. The van der Waals surface area contributed by atoms with Crippen molar-refractivity contribution in [1.82, 2.24) is 0 Å². The fourth-order valence-electron chi connectivity index (χ4n) is 1.00. The van der Waals surface area contributed by atoms with Gasteiger partial charge in [0.2, 0.25) is 0 Å². The second-order valence-corrected chi connectivity index (χ2v) is 2.75. The van der Waals surface area contributed by atoms with Gasteiger partial charge in [0.05, 0.1) is 5.56 Å². The predicted molar refractivity (Wildman–Crippen MR) is 43.7 cm³/mol. The van der Waals surface area contributed by atoms with E-state index in [0.29, 0.717) is 6.07 Å². The number of nitrogens with two attached hydrogens (primary N) is 1. The van der Waals surface area contributed by atoms with Crippen LogP contribution in [0.4, 0.5) is 8.78 Å². The second-order valence-electron chi connectivity index (χ2n) is 2.75. The number of rotatable bonds is 1. The van der Waals surface area contributed by atoms with Gasteiger partial charge in [0.15, 0.2) is 0 Å². The number of nitrogens with zero attached hydrogens (tertiary/aromatic N) is 1. The van der Waals surface area contributed by atoms with Gasteiger partial charge in [0.1, 0.15) is 17.7 Å². The molecular weight excluding hydrogens is 174 g/mol. The summed E-state index contributed by atoms with van der Waals surface area (Å²) in [5, 5.41) is 8.46. The molecular formula is C9H8F2N2. The molecule has 1 unspecified atom stereocenters. The van der Waals surface area contributed by atoms with Crippen LogP contribution in [0.2, 0.25) is 0 Å². The molecule has 1 aromatic carbocycles. The van der Waals surface area contributed by atoms with Crippen LogP contribution in [0.1, 0.15) is 24.1 Å². The Morgan fingerprint density at radius 3 is 2.46 bits per heavy atom. The first-order valence-corrected chi connectivity index (χ1v) is 3.71. The largest absolute Gasteiger partial charge is 0.324 e. The monoisotopic (exact) mass is 182 g/mol. The molecule has 2 nitrogen and oxygen atoms in total. The molecule has 0 saturated carbocycles. The zero-order valence-electron chi connectivity index (χ0n) is 7.01. The molecule has 0 saturated heterocycles. The van der Waals surface area contributed by atoms with Crippen LogP contribution in [-0.2, 0) is 0 Å². The van der Waals surface area contributed by atoms with Gasteiger partial charge < -0.3 is 5.73 Å². The molecule has 0 aliphatic carbocycles. The summed E-state index contributed by atoms with van der Waals surface area (Å²) in [6, 6.07) is 2.88. The fraction of sp³-hybridized carbons (Fsp3) is 0.222. The van der Waals surface area contributed by atoms with Gasteiger partial charge in [-0.15, -0.1) is 0 Å². The predicted octanol–water partition coefficient (Wildman–Crippen LogP) is 1.86. The number of nitriles is 1. The molecule has 0 radical (unpaired) electrons. The van der Waals surface area contributed by atoms with E-state index in [1.54, 1.807) is 13.0 Å². The van der Waals surface area contributed by atoms with E-state index in [4.69, 9.17) is 11.0 Å². The topological polar surface area (TPSA) is 49.8 Å². The van der Waals surface area contributed by atoms with Crippen LogP contribution in [0.15, 0.2) is 12.1 Å². The summed E-state index contributed by atoms with van der Waals surface area (Å²) in [6.45, 7) is 1.57. The lowest BCUT2D eigenvalue weighted by Gasteiger charge is -2.07. The number of benzene rings is 1. The zero-order chi connectivity index (χ0) is 10.0. The maximum absolute atomic E-state index is 13.0. The quantitative estimate of drug-likeness (QED) is 0.720. The molecule has 1 atom stereocenters. The number of hydrogen-bond donors (Lipinski definition) is 1. The van der Waals surface area contributed by atoms with Crippen molar-refractivity contribution in [2.24, 2.45) is 5.73 Å². The molecule has 0 aliphatic heterocycles. The lowest BCUT2D eigenvalue weighted by molar-refractivity contribution is 0.560. The van der Waals surface area contributed by atoms with Crippen molar-refractivity contribution in [1.29, 1.82) is 5.26 Å². The van der Waals surface area contributed by atoms with Gasteiger partial charge in [-0.25, -0.2) is 8.78 Å². The van der Waals surface area contributed by atoms with E-state index < -0.39 is 17.7 Å². The van der Waals surface area contributed by atoms with Crippen LogP contribution >= 0.6 is 0 Å². The van der Waals surface area contributed by atoms with Gasteiger partial charge in [-0.2, -0.15) is 5.26 Å². The molecule has 2 N–H and O–H groups in total. The van der Waals surface area contributed by atoms with Crippen molar-refractivity contribution < 1.29 is 8.78 Å². The number of hydrogen-bond acceptors (Lipinski definition) is 2. The highest BCUT2D eigenvalue weighted by Crippen LogP contribution is 2.18. The Kier molecular flexibility index (Phi) is 2.59. The molecule has 1 aromatic rings. The van der Waals surface area contributed by atoms with E-state index in [-0.39, 0.29) is 11.1 Å². The van der Waals surface area contributed by atoms with Crippen LogP contribution in [0.25, 0.3) is 0 Å². The molecule has 0 fully saturated rings. The fourth-order valence-corrected chi connectivity index (χ4v) is 1.00. The normalized spacial score (nSPS) is 12.2. The van der Waals surface area contributed by atoms with Gasteiger partial charge in [0, 0.05) is 17.7 Å². The molecule has 4 heteroatoms. The Morgan fingerprint density at radius 1 is 1.38 bits per heavy atom. The highest BCUT2D eigenvalue weighted by Gasteiger charge is 2.11. The van der Waals surface area contributed by atoms with Crippen molar-refractivity contribution in [3.63, 3.8) is 0 Å². The van der Waals surface area contributed by atoms with E-state index in [2.05, 4.69) is 0 Å². The van der Waals surface area contributed by atoms with Gasteiger partial charge >= 0.3 is 0 Å². The lowest BCUT2D eigenvalue weighted by Crippen LogP contribution is -2.08. The van der Waals surface area contributed by atoms with Crippen molar-refractivity contribution in [3.05, 3.63) is 34.9 Å². The Balaban J connectivity index is 3.33. The molecule has 0 amide bonds. The SMILES string of the molecule is CC(N)c1cc(C#N)c(F)cc1F. The van der Waals surface area contributed by atoms with Crippen LogP contribution in [0, 0.1) is 23.0 Å². The number of halogens is 2. The molecule has 0 heterocycles. The summed E-state index contributed by atoms with van der Waals surface area (Å²) in [5.41, 5.74) is 5.38. The molecule has 13 heavy (non-hydrogen) atoms. The van der Waals surface area contributed by atoms with Gasteiger partial charge in [-0.3, -0.25) is 0 Å². The first kappa shape index (κ1) is 9.62. The summed E-state index contributed by atoms with van der Waals surface area (Å²) in [4.78, 5) is 0. The Morgan fingerprint density at radius 2 is 2.00 bits per heavy atom. The molecule has 68 valence electrons. The highest BCUT2D eigenvalue weighted by atomic mass is 19.1. The average Bonchev–Trinajstić information content (AvgIpc) is 2.03. The first-order valence-electron chi connectivity index (χ1n) is 3.71. The zero-order valence-corrected chi connectivity index (χ0v) is 7.01. The Bertz CT molecular complexity index is 367. The minimum absolute atomic E-state index is 0.151. The maximum atomic E-state index is 13.0. The Labute approximate surface area is 74.6 Å². The summed E-state index contributed by atoms with van der Waals surface area (Å²) in [7, 11) is 0. The third-order valence-corrected chi connectivity index (χ3v) is 1.70. The van der Waals surface area contributed by atoms with Gasteiger partial charge in [-0.05, 0) is 13.0 Å². The van der Waals surface area contributed by atoms with E-state index in [0.717, 1.165) is 6.07 Å². The summed E-state index contributed by atoms with van der Waals surface area (Å²) >= 11 is 0. The molecule has 0 aliphatic rings. The molecule has 0 bridgehead atoms. The van der Waals surface area contributed by atoms with Gasteiger partial charge in [0.25, 0.3) is 0 Å². The van der Waals surface area contributed by atoms with Crippen LogP contribution in [0.3, 0.4) is 0 Å². The average molecular weight is 182 g/mol. The van der Waals surface area contributed by atoms with E-state index in [1.807, 2.05) is 0 Å². The standard InChI is InChI=1S/C9H8F2N2/c1-5(13)7-2-6(4-12)8(10)3-9(7)11/h2-3,5H,13H2,1H3. The van der Waals surface area contributed by atoms with E-state index in [9.17, 15) is 8.78 Å². The van der Waals surface area contributed by atoms with Crippen molar-refractivity contribution >= 4 is 0 Å². The summed E-state index contributed by atoms with van der Waals surface area (Å²) in [6.07, 6.45) is 0. The molecule has 1 rings (SSSR count). The third-order valence-electron chi connectivity index (χ3n) is 1.70. The van der Waals surface area contributed by atoms with Crippen molar-refractivity contribution in [2.45, 2.75) is 13.0 Å². The van der Waals surface area contributed by atoms with E-state index in [1.165, 1.54) is 0 Å². The minimum Gasteiger partial charge on any atom is -0.324 e. The summed E-state index contributed by atoms with van der Waals surface area (Å²) < 4.78 is 25.8. The molecule has 0 spiro atoms. The van der Waals surface area contributed by atoms with Crippen molar-refractivity contribution in [3.8, 4) is 6.07 Å². The minimum atomic E-state index is -0.857.